The number of nitrogens with one attached hydrogen (secondary N) is 2. The van der Waals surface area contributed by atoms with Gasteiger partial charge in [-0.05, 0) is 60.7 Å². The molecule has 0 saturated heterocycles. The van der Waals surface area contributed by atoms with Crippen molar-refractivity contribution in [2.75, 3.05) is 5.32 Å². The molecule has 0 spiro atoms. The molecule has 1 aromatic heterocycles. The lowest BCUT2D eigenvalue weighted by molar-refractivity contribution is 0.0977. The molecule has 0 unspecified atom stereocenters. The lowest BCUT2D eigenvalue weighted by Crippen LogP contribution is -2.34. The van der Waals surface area contributed by atoms with Crippen LogP contribution >= 0.6 is 12.2 Å². The van der Waals surface area contributed by atoms with E-state index in [-0.39, 0.29) is 5.11 Å². The Balaban J connectivity index is 1.74. The highest BCUT2D eigenvalue weighted by Crippen LogP contribution is 2.21. The number of carbonyl (C=O) groups excluding carboxylic acids is 1. The highest BCUT2D eigenvalue weighted by molar-refractivity contribution is 7.80. The second-order valence-corrected chi connectivity index (χ2v) is 5.20. The van der Waals surface area contributed by atoms with Crippen LogP contribution < -0.4 is 10.6 Å². The molecule has 3 aromatic rings. The van der Waals surface area contributed by atoms with E-state index in [4.69, 9.17) is 12.2 Å². The van der Waals surface area contributed by atoms with Crippen molar-refractivity contribution < 1.29 is 9.18 Å². The van der Waals surface area contributed by atoms with E-state index in [1.807, 2.05) is 30.3 Å². The Morgan fingerprint density at radius 1 is 1.04 bits per heavy atom. The Bertz CT molecular complexity index is 875. The molecule has 6 heteroatoms. The molecular formula is C17H12FN3OS. The molecular weight excluding hydrogens is 313 g/mol. The van der Waals surface area contributed by atoms with Crippen LogP contribution in [0.4, 0.5) is 10.1 Å². The van der Waals surface area contributed by atoms with Crippen LogP contribution in [0.15, 0.2) is 60.8 Å². The topological polar surface area (TPSA) is 54.0 Å². The van der Waals surface area contributed by atoms with Crippen LogP contribution in [-0.4, -0.2) is 16.0 Å². The fourth-order valence-electron chi connectivity index (χ4n) is 2.14. The fraction of sp³-hybridized carbons (Fsp3) is 0. The zero-order chi connectivity index (χ0) is 16.2. The van der Waals surface area contributed by atoms with Crippen LogP contribution in [0.3, 0.4) is 0 Å². The minimum absolute atomic E-state index is 0.163. The number of nitrogens with zero attached hydrogens (tertiary/aromatic N) is 1. The van der Waals surface area contributed by atoms with Gasteiger partial charge in [-0.2, -0.15) is 0 Å². The van der Waals surface area contributed by atoms with E-state index in [2.05, 4.69) is 15.6 Å². The van der Waals surface area contributed by atoms with Crippen LogP contribution in [0, 0.1) is 5.82 Å². The molecule has 1 heterocycles. The number of hydrogen-bond acceptors (Lipinski definition) is 3. The third-order valence-electron chi connectivity index (χ3n) is 3.23. The summed E-state index contributed by atoms with van der Waals surface area (Å²) in [7, 11) is 0. The summed E-state index contributed by atoms with van der Waals surface area (Å²) in [5, 5.41) is 6.61. The van der Waals surface area contributed by atoms with Crippen LogP contribution in [0.2, 0.25) is 0 Å². The van der Waals surface area contributed by atoms with Gasteiger partial charge in [0.2, 0.25) is 0 Å². The summed E-state index contributed by atoms with van der Waals surface area (Å²) in [6.07, 6.45) is 1.71. The zero-order valence-corrected chi connectivity index (χ0v) is 12.7. The van der Waals surface area contributed by atoms with Crippen LogP contribution in [-0.2, 0) is 0 Å². The molecule has 2 aromatic carbocycles. The Hall–Kier alpha value is -2.86. The number of fused-ring (bicyclic) bond motifs is 1. The van der Waals surface area contributed by atoms with Gasteiger partial charge in [0, 0.05) is 22.8 Å². The molecule has 114 valence electrons. The molecule has 0 aliphatic rings. The molecule has 0 fully saturated rings. The van der Waals surface area contributed by atoms with Gasteiger partial charge in [0.1, 0.15) is 5.82 Å². The molecule has 3 rings (SSSR count). The Labute approximate surface area is 137 Å². The van der Waals surface area contributed by atoms with Crippen LogP contribution in [0.5, 0.6) is 0 Å². The van der Waals surface area contributed by atoms with Crippen LogP contribution in [0.25, 0.3) is 10.9 Å². The first-order valence-corrected chi connectivity index (χ1v) is 7.26. The first-order chi connectivity index (χ1) is 11.1. The fourth-order valence-corrected chi connectivity index (χ4v) is 2.35. The second kappa shape index (κ2) is 6.50. The highest BCUT2D eigenvalue weighted by atomic mass is 32.1. The van der Waals surface area contributed by atoms with Crippen molar-refractivity contribution in [1.82, 2.24) is 10.3 Å². The molecule has 0 saturated carbocycles. The number of rotatable bonds is 2. The van der Waals surface area contributed by atoms with Gasteiger partial charge in [0.05, 0.1) is 5.52 Å². The minimum Gasteiger partial charge on any atom is -0.332 e. The zero-order valence-electron chi connectivity index (χ0n) is 11.9. The molecule has 0 bridgehead atoms. The van der Waals surface area contributed by atoms with E-state index < -0.39 is 11.7 Å². The largest absolute Gasteiger partial charge is 0.332 e. The lowest BCUT2D eigenvalue weighted by atomic mass is 10.2. The van der Waals surface area contributed by atoms with Gasteiger partial charge in [0.15, 0.2) is 5.11 Å². The van der Waals surface area contributed by atoms with Gasteiger partial charge in [-0.25, -0.2) is 4.39 Å². The van der Waals surface area contributed by atoms with Gasteiger partial charge in [-0.15, -0.1) is 0 Å². The molecule has 23 heavy (non-hydrogen) atoms. The molecule has 1 amide bonds. The first-order valence-electron chi connectivity index (χ1n) is 6.85. The van der Waals surface area contributed by atoms with Crippen molar-refractivity contribution in [2.24, 2.45) is 0 Å². The Morgan fingerprint density at radius 2 is 1.83 bits per heavy atom. The molecule has 2 N–H and O–H groups in total. The number of aromatic nitrogens is 1. The van der Waals surface area contributed by atoms with Crippen molar-refractivity contribution in [3.8, 4) is 0 Å². The van der Waals surface area contributed by atoms with Gasteiger partial charge >= 0.3 is 0 Å². The number of halogens is 1. The van der Waals surface area contributed by atoms with Gasteiger partial charge in [-0.3, -0.25) is 15.1 Å². The Kier molecular flexibility index (Phi) is 4.25. The summed E-state index contributed by atoms with van der Waals surface area (Å²) in [5.41, 5.74) is 1.90. The summed E-state index contributed by atoms with van der Waals surface area (Å²) in [6.45, 7) is 0. The van der Waals surface area contributed by atoms with Gasteiger partial charge < -0.3 is 5.32 Å². The predicted octanol–water partition coefficient (Wildman–Crippen LogP) is 3.50. The van der Waals surface area contributed by atoms with Crippen molar-refractivity contribution in [3.05, 3.63) is 72.2 Å². The van der Waals surface area contributed by atoms with E-state index >= 15 is 0 Å². The minimum atomic E-state index is -0.402. The standard InChI is InChI=1S/C17H12FN3OS/c18-12-8-6-11(7-9-12)16(22)21-17(23)20-15-5-1-4-14-13(15)3-2-10-19-14/h1-10H,(H2,20,21,22,23). The number of thiocarbonyl (C=S) groups is 1. The summed E-state index contributed by atoms with van der Waals surface area (Å²) in [6, 6.07) is 14.6. The lowest BCUT2D eigenvalue weighted by Gasteiger charge is -2.11. The summed E-state index contributed by atoms with van der Waals surface area (Å²) in [5.74, 6) is -0.800. The van der Waals surface area contributed by atoms with Crippen molar-refractivity contribution in [1.29, 1.82) is 0 Å². The maximum atomic E-state index is 12.9. The molecule has 0 atom stereocenters. The van der Waals surface area contributed by atoms with E-state index in [1.54, 1.807) is 6.20 Å². The monoisotopic (exact) mass is 325 g/mol. The van der Waals surface area contributed by atoms with E-state index in [0.29, 0.717) is 5.56 Å². The number of anilines is 1. The van der Waals surface area contributed by atoms with Crippen LogP contribution in [0.1, 0.15) is 10.4 Å². The summed E-state index contributed by atoms with van der Waals surface area (Å²) in [4.78, 5) is 16.3. The quantitative estimate of drug-likeness (QED) is 0.708. The third-order valence-corrected chi connectivity index (χ3v) is 3.43. The summed E-state index contributed by atoms with van der Waals surface area (Å²) >= 11 is 5.16. The van der Waals surface area contributed by atoms with Gasteiger partial charge in [-0.1, -0.05) is 6.07 Å². The van der Waals surface area contributed by atoms with E-state index in [9.17, 15) is 9.18 Å². The molecule has 0 aliphatic carbocycles. The number of pyridine rings is 1. The molecule has 4 nitrogen and oxygen atoms in total. The Morgan fingerprint density at radius 3 is 2.61 bits per heavy atom. The normalized spacial score (nSPS) is 10.3. The molecule has 0 aliphatic heterocycles. The third kappa shape index (κ3) is 3.49. The highest BCUT2D eigenvalue weighted by Gasteiger charge is 2.09. The SMILES string of the molecule is O=C(NC(=S)Nc1cccc2ncccc12)c1ccc(F)cc1. The average Bonchev–Trinajstić information content (AvgIpc) is 2.55. The smallest absolute Gasteiger partial charge is 0.257 e. The maximum Gasteiger partial charge on any atom is 0.257 e. The number of carbonyl (C=O) groups is 1. The van der Waals surface area contributed by atoms with Crippen molar-refractivity contribution in [2.45, 2.75) is 0 Å². The van der Waals surface area contributed by atoms with E-state index in [1.165, 1.54) is 24.3 Å². The number of amides is 1. The molecule has 0 radical (unpaired) electrons. The average molecular weight is 325 g/mol. The summed E-state index contributed by atoms with van der Waals surface area (Å²) < 4.78 is 12.9. The van der Waals surface area contributed by atoms with Gasteiger partial charge in [0.25, 0.3) is 5.91 Å². The van der Waals surface area contributed by atoms with E-state index in [0.717, 1.165) is 16.6 Å². The maximum absolute atomic E-state index is 12.9. The van der Waals surface area contributed by atoms with Crippen molar-refractivity contribution >= 4 is 39.8 Å². The number of benzene rings is 2. The second-order valence-electron chi connectivity index (χ2n) is 4.79. The first kappa shape index (κ1) is 15.1. The number of hydrogen-bond donors (Lipinski definition) is 2. The van der Waals surface area contributed by atoms with Crippen molar-refractivity contribution in [3.63, 3.8) is 0 Å². The predicted molar refractivity (Wildman–Crippen MR) is 91.8 cm³/mol.